The molecule has 1 aromatic rings. The number of hydrogen-bond donors (Lipinski definition) is 3. The van der Waals surface area contributed by atoms with Gasteiger partial charge in [-0.25, -0.2) is 4.79 Å². The van der Waals surface area contributed by atoms with Crippen LogP contribution in [0.5, 0.6) is 0 Å². The van der Waals surface area contributed by atoms with E-state index in [4.69, 9.17) is 4.74 Å². The molecule has 2 fully saturated rings. The zero-order valence-electron chi connectivity index (χ0n) is 18.6. The molecule has 9 nitrogen and oxygen atoms in total. The zero-order valence-corrected chi connectivity index (χ0v) is 18.6. The smallest absolute Gasteiger partial charge is 0.408 e. The van der Waals surface area contributed by atoms with E-state index in [0.29, 0.717) is 32.1 Å². The third-order valence-electron chi connectivity index (χ3n) is 5.87. The van der Waals surface area contributed by atoms with Crippen LogP contribution >= 0.6 is 0 Å². The van der Waals surface area contributed by atoms with Crippen LogP contribution in [-0.4, -0.2) is 53.4 Å². The Balaban J connectivity index is 1.56. The molecule has 1 aliphatic heterocycles. The van der Waals surface area contributed by atoms with Gasteiger partial charge in [0.15, 0.2) is 0 Å². The van der Waals surface area contributed by atoms with Crippen molar-refractivity contribution in [2.24, 2.45) is 11.8 Å². The highest BCUT2D eigenvalue weighted by Gasteiger charge is 2.47. The maximum absolute atomic E-state index is 12.9. The third-order valence-corrected chi connectivity index (χ3v) is 5.87. The summed E-state index contributed by atoms with van der Waals surface area (Å²) in [6.07, 6.45) is 6.80. The van der Waals surface area contributed by atoms with E-state index in [1.54, 1.807) is 12.4 Å². The number of nitrogens with zero attached hydrogens (tertiary/aromatic N) is 1. The molecule has 3 amide bonds. The predicted molar refractivity (Wildman–Crippen MR) is 116 cm³/mol. The molecule has 174 valence electrons. The van der Waals surface area contributed by atoms with Gasteiger partial charge in [-0.15, -0.1) is 0 Å². The summed E-state index contributed by atoms with van der Waals surface area (Å²) in [6, 6.07) is 2.15. The predicted octanol–water partition coefficient (Wildman–Crippen LogP) is 1.51. The van der Waals surface area contributed by atoms with Crippen LogP contribution in [0.4, 0.5) is 4.79 Å². The monoisotopic (exact) mass is 444 g/mol. The van der Waals surface area contributed by atoms with Crippen molar-refractivity contribution in [2.45, 2.75) is 70.1 Å². The molecule has 3 atom stereocenters. The van der Waals surface area contributed by atoms with Gasteiger partial charge in [-0.2, -0.15) is 0 Å². The van der Waals surface area contributed by atoms with Crippen LogP contribution in [-0.2, 0) is 25.5 Å². The van der Waals surface area contributed by atoms with Gasteiger partial charge in [0.2, 0.25) is 11.8 Å². The number of carbonyl (C=O) groups excluding carboxylic acids is 4. The standard InChI is InChI=1S/C23H32N4O5/c1-15(2)10-19(21(30)26-18(14-28)11-17-5-9-25-20(17)29)27-22(31)32-23(6-7-23)12-16-4-3-8-24-13-16/h3-4,8,13-15,17-19H,5-7,9-12H2,1-2H3,(H,25,29)(H,26,30)(H,27,31)/t17-,18-,19-/m0/s1. The van der Waals surface area contributed by atoms with E-state index in [9.17, 15) is 19.2 Å². The van der Waals surface area contributed by atoms with Gasteiger partial charge in [0, 0.05) is 31.3 Å². The molecule has 0 unspecified atom stereocenters. The second-order valence-electron chi connectivity index (χ2n) is 9.20. The third kappa shape index (κ3) is 6.77. The maximum Gasteiger partial charge on any atom is 0.408 e. The van der Waals surface area contributed by atoms with Crippen molar-refractivity contribution >= 4 is 24.2 Å². The SMILES string of the molecule is CC(C)C[C@H](NC(=O)OC1(Cc2cccnc2)CC1)C(=O)N[C@H](C=O)C[C@@H]1CCNC1=O. The molecule has 0 radical (unpaired) electrons. The van der Waals surface area contributed by atoms with Crippen molar-refractivity contribution in [1.82, 2.24) is 20.9 Å². The van der Waals surface area contributed by atoms with Crippen LogP contribution in [0.3, 0.4) is 0 Å². The van der Waals surface area contributed by atoms with Crippen molar-refractivity contribution in [3.8, 4) is 0 Å². The minimum Gasteiger partial charge on any atom is -0.443 e. The summed E-state index contributed by atoms with van der Waals surface area (Å²) in [5.41, 5.74) is 0.423. The Morgan fingerprint density at radius 2 is 2.12 bits per heavy atom. The average molecular weight is 445 g/mol. The number of aromatic nitrogens is 1. The van der Waals surface area contributed by atoms with Crippen molar-refractivity contribution in [3.63, 3.8) is 0 Å². The summed E-state index contributed by atoms with van der Waals surface area (Å²) in [7, 11) is 0. The molecule has 1 aliphatic carbocycles. The minimum absolute atomic E-state index is 0.102. The minimum atomic E-state index is -0.837. The molecule has 9 heteroatoms. The number of carbonyl (C=O) groups is 4. The van der Waals surface area contributed by atoms with Gasteiger partial charge in [-0.3, -0.25) is 14.6 Å². The number of alkyl carbamates (subject to hydrolysis) is 1. The van der Waals surface area contributed by atoms with Crippen molar-refractivity contribution in [2.75, 3.05) is 6.54 Å². The Kier molecular flexibility index (Phi) is 7.82. The molecule has 3 N–H and O–H groups in total. The zero-order chi connectivity index (χ0) is 23.1. The lowest BCUT2D eigenvalue weighted by Crippen LogP contribution is -2.51. The Morgan fingerprint density at radius 1 is 1.34 bits per heavy atom. The van der Waals surface area contributed by atoms with Gasteiger partial charge >= 0.3 is 6.09 Å². The lowest BCUT2D eigenvalue weighted by molar-refractivity contribution is -0.127. The fourth-order valence-corrected chi connectivity index (χ4v) is 4.01. The van der Waals surface area contributed by atoms with Crippen molar-refractivity contribution in [3.05, 3.63) is 30.1 Å². The van der Waals surface area contributed by atoms with Crippen LogP contribution in [0.25, 0.3) is 0 Å². The number of aldehydes is 1. The molecule has 0 spiro atoms. The lowest BCUT2D eigenvalue weighted by atomic mass is 9.98. The number of pyridine rings is 1. The lowest BCUT2D eigenvalue weighted by Gasteiger charge is -2.24. The molecule has 0 aromatic carbocycles. The maximum atomic E-state index is 12.9. The van der Waals surface area contributed by atoms with E-state index in [2.05, 4.69) is 20.9 Å². The quantitative estimate of drug-likeness (QED) is 0.444. The number of hydrogen-bond acceptors (Lipinski definition) is 6. The average Bonchev–Trinajstić information content (AvgIpc) is 3.37. The highest BCUT2D eigenvalue weighted by molar-refractivity contribution is 5.88. The van der Waals surface area contributed by atoms with Crippen LogP contribution in [0.2, 0.25) is 0 Å². The number of amides is 3. The molecule has 1 aromatic heterocycles. The summed E-state index contributed by atoms with van der Waals surface area (Å²) in [6.45, 7) is 4.46. The van der Waals surface area contributed by atoms with Gasteiger partial charge in [0.1, 0.15) is 17.9 Å². The fraction of sp³-hybridized carbons (Fsp3) is 0.609. The molecule has 0 bridgehead atoms. The Hall–Kier alpha value is -2.97. The molecule has 2 aliphatic rings. The van der Waals surface area contributed by atoms with E-state index in [1.165, 1.54) is 0 Å². The Labute approximate surface area is 188 Å². The molecule has 32 heavy (non-hydrogen) atoms. The van der Waals surface area contributed by atoms with Gasteiger partial charge in [-0.05, 0) is 49.7 Å². The van der Waals surface area contributed by atoms with Crippen molar-refractivity contribution in [1.29, 1.82) is 0 Å². The molecular formula is C23H32N4O5. The van der Waals surface area contributed by atoms with E-state index in [0.717, 1.165) is 18.4 Å². The van der Waals surface area contributed by atoms with Crippen LogP contribution in [0, 0.1) is 11.8 Å². The summed E-state index contributed by atoms with van der Waals surface area (Å²) in [5, 5.41) is 8.08. The van der Waals surface area contributed by atoms with E-state index in [-0.39, 0.29) is 24.2 Å². The first-order chi connectivity index (χ1) is 15.3. The second-order valence-corrected chi connectivity index (χ2v) is 9.20. The Bertz CT molecular complexity index is 825. The first-order valence-corrected chi connectivity index (χ1v) is 11.2. The summed E-state index contributed by atoms with van der Waals surface area (Å²) in [5.74, 6) is -0.723. The molecule has 1 saturated heterocycles. The fourth-order valence-electron chi connectivity index (χ4n) is 4.01. The molecule has 2 heterocycles. The van der Waals surface area contributed by atoms with Crippen LogP contribution in [0.1, 0.15) is 51.5 Å². The first kappa shape index (κ1) is 23.7. The highest BCUT2D eigenvalue weighted by atomic mass is 16.6. The molecule has 1 saturated carbocycles. The number of rotatable bonds is 11. The van der Waals surface area contributed by atoms with E-state index < -0.39 is 29.7 Å². The van der Waals surface area contributed by atoms with E-state index in [1.807, 2.05) is 26.0 Å². The number of nitrogens with one attached hydrogen (secondary N) is 3. The summed E-state index contributed by atoms with van der Waals surface area (Å²) < 4.78 is 5.69. The summed E-state index contributed by atoms with van der Waals surface area (Å²) in [4.78, 5) is 52.9. The summed E-state index contributed by atoms with van der Waals surface area (Å²) >= 11 is 0. The van der Waals surface area contributed by atoms with Crippen LogP contribution in [0.15, 0.2) is 24.5 Å². The first-order valence-electron chi connectivity index (χ1n) is 11.2. The Morgan fingerprint density at radius 3 is 2.69 bits per heavy atom. The largest absolute Gasteiger partial charge is 0.443 e. The van der Waals surface area contributed by atoms with Gasteiger partial charge < -0.3 is 25.5 Å². The van der Waals surface area contributed by atoms with Gasteiger partial charge in [0.05, 0.1) is 6.04 Å². The van der Waals surface area contributed by atoms with Gasteiger partial charge in [-0.1, -0.05) is 19.9 Å². The topological polar surface area (TPSA) is 126 Å². The van der Waals surface area contributed by atoms with Crippen LogP contribution < -0.4 is 16.0 Å². The highest BCUT2D eigenvalue weighted by Crippen LogP contribution is 2.42. The molecule has 3 rings (SSSR count). The number of ether oxygens (including phenoxy) is 1. The molecular weight excluding hydrogens is 412 g/mol. The van der Waals surface area contributed by atoms with Crippen molar-refractivity contribution < 1.29 is 23.9 Å². The second kappa shape index (κ2) is 10.6. The van der Waals surface area contributed by atoms with E-state index >= 15 is 0 Å². The normalized spacial score (nSPS) is 20.7. The van der Waals surface area contributed by atoms with Gasteiger partial charge in [0.25, 0.3) is 0 Å².